The molecule has 0 saturated carbocycles. The summed E-state index contributed by atoms with van der Waals surface area (Å²) in [7, 11) is 0. The van der Waals surface area contributed by atoms with Gasteiger partial charge in [0, 0.05) is 9.34 Å². The van der Waals surface area contributed by atoms with Crippen molar-refractivity contribution >= 4 is 28.2 Å². The van der Waals surface area contributed by atoms with Gasteiger partial charge in [0.1, 0.15) is 0 Å². The molecular weight excluding hydrogens is 379 g/mol. The van der Waals surface area contributed by atoms with Crippen molar-refractivity contribution in [2.45, 2.75) is 29.6 Å². The number of rotatable bonds is 1. The average molecular weight is 398 g/mol. The third-order valence-electron chi connectivity index (χ3n) is 4.96. The first-order chi connectivity index (χ1) is 10.6. The number of allylic oxidation sites excluding steroid dienone is 4. The van der Waals surface area contributed by atoms with Crippen molar-refractivity contribution in [1.29, 1.82) is 0 Å². The summed E-state index contributed by atoms with van der Waals surface area (Å²) < 4.78 is 0.636. The summed E-state index contributed by atoms with van der Waals surface area (Å²) in [5, 5.41) is 0. The fourth-order valence-corrected chi connectivity index (χ4v) is 4.15. The molecule has 0 aromatic heterocycles. The van der Waals surface area contributed by atoms with E-state index in [-0.39, 0.29) is 5.41 Å². The van der Waals surface area contributed by atoms with Gasteiger partial charge in [0.05, 0.1) is 0 Å². The molecule has 1 heteroatoms. The van der Waals surface area contributed by atoms with Crippen LogP contribution in [-0.4, -0.2) is 3.92 Å². The monoisotopic (exact) mass is 398 g/mol. The number of alkyl halides is 1. The molecule has 0 aliphatic heterocycles. The van der Waals surface area contributed by atoms with Crippen LogP contribution in [0.5, 0.6) is 0 Å². The van der Waals surface area contributed by atoms with E-state index in [4.69, 9.17) is 0 Å². The second-order valence-electron chi connectivity index (χ2n) is 6.70. The van der Waals surface area contributed by atoms with E-state index in [0.717, 1.165) is 6.42 Å². The van der Waals surface area contributed by atoms with Crippen LogP contribution in [0.1, 0.15) is 37.0 Å². The number of benzene rings is 2. The number of fused-ring (bicyclic) bond motifs is 3. The predicted octanol–water partition coefficient (Wildman–Crippen LogP) is 6.14. The van der Waals surface area contributed by atoms with Crippen molar-refractivity contribution in [1.82, 2.24) is 0 Å². The molecular formula is C21H19I. The van der Waals surface area contributed by atoms with Crippen molar-refractivity contribution in [3.63, 3.8) is 0 Å². The number of halogens is 1. The number of hydrogen-bond donors (Lipinski definition) is 0. The highest BCUT2D eigenvalue weighted by Crippen LogP contribution is 2.49. The normalized spacial score (nSPS) is 21.2. The topological polar surface area (TPSA) is 0 Å². The van der Waals surface area contributed by atoms with Crippen molar-refractivity contribution in [3.8, 4) is 11.1 Å². The molecule has 2 aromatic carbocycles. The molecule has 1 unspecified atom stereocenters. The lowest BCUT2D eigenvalue weighted by Gasteiger charge is -2.22. The molecule has 2 aliphatic carbocycles. The maximum Gasteiger partial charge on any atom is 0.0327 e. The van der Waals surface area contributed by atoms with Crippen LogP contribution in [0.3, 0.4) is 0 Å². The molecule has 0 heterocycles. The van der Waals surface area contributed by atoms with Gasteiger partial charge in [0.25, 0.3) is 0 Å². The zero-order valence-electron chi connectivity index (χ0n) is 12.9. The average Bonchev–Trinajstić information content (AvgIpc) is 2.77. The van der Waals surface area contributed by atoms with Gasteiger partial charge in [0.2, 0.25) is 0 Å². The smallest absolute Gasteiger partial charge is 0.0327 e. The van der Waals surface area contributed by atoms with Gasteiger partial charge >= 0.3 is 0 Å². The van der Waals surface area contributed by atoms with Crippen molar-refractivity contribution in [2.24, 2.45) is 0 Å². The molecule has 0 amide bonds. The molecule has 4 rings (SSSR count). The molecule has 110 valence electrons. The van der Waals surface area contributed by atoms with E-state index >= 15 is 0 Å². The van der Waals surface area contributed by atoms with Crippen LogP contribution >= 0.6 is 22.6 Å². The molecule has 0 N–H and O–H groups in total. The summed E-state index contributed by atoms with van der Waals surface area (Å²) in [6.07, 6.45) is 8.08. The van der Waals surface area contributed by atoms with Gasteiger partial charge in [-0.25, -0.2) is 0 Å². The SMILES string of the molecule is CC1(C)c2ccccc2-c2ccc(C3=CCC(I)C=C3)cc21. The second-order valence-corrected chi connectivity index (χ2v) is 8.30. The molecule has 1 atom stereocenters. The summed E-state index contributed by atoms with van der Waals surface area (Å²) >= 11 is 2.49. The Bertz CT molecular complexity index is 808. The largest absolute Gasteiger partial charge is 0.0777 e. The number of hydrogen-bond acceptors (Lipinski definition) is 0. The first-order valence-electron chi connectivity index (χ1n) is 7.84. The molecule has 0 bridgehead atoms. The van der Waals surface area contributed by atoms with Gasteiger partial charge in [0.15, 0.2) is 0 Å². The van der Waals surface area contributed by atoms with Crippen LogP contribution in [0.15, 0.2) is 60.7 Å². The highest BCUT2D eigenvalue weighted by Gasteiger charge is 2.35. The van der Waals surface area contributed by atoms with Crippen LogP contribution in [0.25, 0.3) is 16.7 Å². The molecule has 22 heavy (non-hydrogen) atoms. The second kappa shape index (κ2) is 5.09. The summed E-state index contributed by atoms with van der Waals surface area (Å²) in [5.74, 6) is 0. The third-order valence-corrected chi connectivity index (χ3v) is 5.89. The summed E-state index contributed by atoms with van der Waals surface area (Å²) in [5.41, 5.74) is 8.50. The molecule has 0 spiro atoms. The minimum absolute atomic E-state index is 0.0900. The minimum Gasteiger partial charge on any atom is -0.0777 e. The maximum atomic E-state index is 2.49. The van der Waals surface area contributed by atoms with Gasteiger partial charge in [-0.1, -0.05) is 91.1 Å². The Morgan fingerprint density at radius 3 is 2.55 bits per heavy atom. The van der Waals surface area contributed by atoms with Crippen molar-refractivity contribution < 1.29 is 0 Å². The first kappa shape index (κ1) is 14.3. The fraction of sp³-hybridized carbons (Fsp3) is 0.238. The Morgan fingerprint density at radius 1 is 1.00 bits per heavy atom. The summed E-state index contributed by atoms with van der Waals surface area (Å²) in [6, 6.07) is 15.8. The molecule has 0 nitrogen and oxygen atoms in total. The van der Waals surface area contributed by atoms with Crippen LogP contribution < -0.4 is 0 Å². The van der Waals surface area contributed by atoms with Gasteiger partial charge in [-0.2, -0.15) is 0 Å². The maximum absolute atomic E-state index is 2.49. The molecule has 2 aromatic rings. The van der Waals surface area contributed by atoms with E-state index in [2.05, 4.69) is 97.1 Å². The Kier molecular flexibility index (Phi) is 3.30. The highest BCUT2D eigenvalue weighted by atomic mass is 127. The third kappa shape index (κ3) is 2.10. The molecule has 0 radical (unpaired) electrons. The van der Waals surface area contributed by atoms with Crippen LogP contribution in [0.4, 0.5) is 0 Å². The Hall–Kier alpha value is -1.35. The molecule has 2 aliphatic rings. The summed E-state index contributed by atoms with van der Waals surface area (Å²) in [6.45, 7) is 4.68. The molecule has 0 fully saturated rings. The van der Waals surface area contributed by atoms with E-state index in [1.165, 1.54) is 33.4 Å². The van der Waals surface area contributed by atoms with Gasteiger partial charge < -0.3 is 0 Å². The quantitative estimate of drug-likeness (QED) is 0.400. The van der Waals surface area contributed by atoms with E-state index < -0.39 is 0 Å². The van der Waals surface area contributed by atoms with E-state index in [1.807, 2.05) is 0 Å². The van der Waals surface area contributed by atoms with E-state index in [9.17, 15) is 0 Å². The van der Waals surface area contributed by atoms with E-state index in [0.29, 0.717) is 3.92 Å². The highest BCUT2D eigenvalue weighted by molar-refractivity contribution is 14.1. The van der Waals surface area contributed by atoms with Crippen LogP contribution in [-0.2, 0) is 5.41 Å². The zero-order valence-corrected chi connectivity index (χ0v) is 15.1. The van der Waals surface area contributed by atoms with E-state index in [1.54, 1.807) is 0 Å². The van der Waals surface area contributed by atoms with Crippen LogP contribution in [0, 0.1) is 0 Å². The van der Waals surface area contributed by atoms with Crippen molar-refractivity contribution in [2.75, 3.05) is 0 Å². The standard InChI is InChI=1S/C21H19I/c1-21(2)19-6-4-3-5-17(19)18-12-9-15(13-20(18)21)14-7-10-16(22)11-8-14/h3-10,12-13,16H,11H2,1-2H3. The lowest BCUT2D eigenvalue weighted by Crippen LogP contribution is -2.15. The Balaban J connectivity index is 1.84. The lowest BCUT2D eigenvalue weighted by atomic mass is 9.81. The zero-order chi connectivity index (χ0) is 15.3. The van der Waals surface area contributed by atoms with Crippen molar-refractivity contribution in [3.05, 3.63) is 77.4 Å². The summed E-state index contributed by atoms with van der Waals surface area (Å²) in [4.78, 5) is 0. The first-order valence-corrected chi connectivity index (χ1v) is 9.09. The van der Waals surface area contributed by atoms with Gasteiger partial charge in [-0.15, -0.1) is 0 Å². The van der Waals surface area contributed by atoms with Crippen LogP contribution in [0.2, 0.25) is 0 Å². The fourth-order valence-electron chi connectivity index (χ4n) is 3.69. The van der Waals surface area contributed by atoms with Gasteiger partial charge in [-0.05, 0) is 45.9 Å². The Labute approximate surface area is 146 Å². The molecule has 0 saturated heterocycles. The minimum atomic E-state index is 0.0900. The lowest BCUT2D eigenvalue weighted by molar-refractivity contribution is 0.660. The Morgan fingerprint density at radius 2 is 1.77 bits per heavy atom. The predicted molar refractivity (Wildman–Crippen MR) is 104 cm³/mol. The van der Waals surface area contributed by atoms with Gasteiger partial charge in [-0.3, -0.25) is 0 Å².